The van der Waals surface area contributed by atoms with Crippen molar-refractivity contribution in [3.63, 3.8) is 0 Å². The predicted molar refractivity (Wildman–Crippen MR) is 84.4 cm³/mol. The summed E-state index contributed by atoms with van der Waals surface area (Å²) < 4.78 is 23.7. The summed E-state index contributed by atoms with van der Waals surface area (Å²) in [5.41, 5.74) is 1.18. The predicted octanol–water partition coefficient (Wildman–Crippen LogP) is 2.97. The van der Waals surface area contributed by atoms with Crippen molar-refractivity contribution in [1.29, 1.82) is 0 Å². The first kappa shape index (κ1) is 16.7. The van der Waals surface area contributed by atoms with Crippen LogP contribution in [-0.4, -0.2) is 33.5 Å². The Morgan fingerprint density at radius 2 is 2.00 bits per heavy atom. The lowest BCUT2D eigenvalue weighted by Gasteiger charge is -2.19. The van der Waals surface area contributed by atoms with E-state index < -0.39 is 9.84 Å². The summed E-state index contributed by atoms with van der Waals surface area (Å²) in [5, 5.41) is 3.38. The van der Waals surface area contributed by atoms with E-state index in [1.54, 1.807) is 0 Å². The highest BCUT2D eigenvalue weighted by molar-refractivity contribution is 9.10. The molecule has 0 amide bonds. The van der Waals surface area contributed by atoms with Crippen LogP contribution in [0.1, 0.15) is 31.2 Å². The van der Waals surface area contributed by atoms with Crippen molar-refractivity contribution in [2.45, 2.75) is 25.7 Å². The number of hydrogen-bond donors (Lipinski definition) is 1. The van der Waals surface area contributed by atoms with E-state index in [0.29, 0.717) is 6.42 Å². The Hall–Kier alpha value is -0.390. The Balaban J connectivity index is 2.77. The molecule has 0 radical (unpaired) electrons. The standard InChI is InChI=1S/C14H22BrNO2S/c1-3-9-16-11-12(8-10-19(2,17)18)13-6-4-5-7-14(13)15/h4-7,12,16H,3,8-11H2,1-2H3. The van der Waals surface area contributed by atoms with E-state index in [2.05, 4.69) is 34.2 Å². The minimum absolute atomic E-state index is 0.219. The van der Waals surface area contributed by atoms with Crippen molar-refractivity contribution in [3.05, 3.63) is 34.3 Å². The molecule has 1 unspecified atom stereocenters. The van der Waals surface area contributed by atoms with Crippen LogP contribution < -0.4 is 5.32 Å². The van der Waals surface area contributed by atoms with Gasteiger partial charge in [0.25, 0.3) is 0 Å². The van der Waals surface area contributed by atoms with Gasteiger partial charge in [-0.05, 0) is 36.9 Å². The van der Waals surface area contributed by atoms with Crippen LogP contribution in [0.2, 0.25) is 0 Å². The quantitative estimate of drug-likeness (QED) is 0.735. The molecule has 1 aromatic rings. The fourth-order valence-electron chi connectivity index (χ4n) is 1.98. The Morgan fingerprint density at radius 1 is 1.32 bits per heavy atom. The SMILES string of the molecule is CCCNCC(CCS(C)(=O)=O)c1ccccc1Br. The van der Waals surface area contributed by atoms with Crippen LogP contribution in [0.15, 0.2) is 28.7 Å². The van der Waals surface area contributed by atoms with Gasteiger partial charge >= 0.3 is 0 Å². The van der Waals surface area contributed by atoms with Gasteiger partial charge in [-0.1, -0.05) is 41.1 Å². The van der Waals surface area contributed by atoms with E-state index in [1.165, 1.54) is 11.8 Å². The van der Waals surface area contributed by atoms with Gasteiger partial charge in [-0.15, -0.1) is 0 Å². The average molecular weight is 348 g/mol. The van der Waals surface area contributed by atoms with Gasteiger partial charge in [-0.2, -0.15) is 0 Å². The Kier molecular flexibility index (Phi) is 7.04. The molecular weight excluding hydrogens is 326 g/mol. The van der Waals surface area contributed by atoms with E-state index in [1.807, 2.05) is 18.2 Å². The summed E-state index contributed by atoms with van der Waals surface area (Å²) in [6, 6.07) is 8.03. The molecule has 19 heavy (non-hydrogen) atoms. The zero-order valence-corrected chi connectivity index (χ0v) is 13.9. The molecule has 0 heterocycles. The van der Waals surface area contributed by atoms with Crippen molar-refractivity contribution in [3.8, 4) is 0 Å². The maximum Gasteiger partial charge on any atom is 0.147 e. The number of rotatable bonds is 8. The summed E-state index contributed by atoms with van der Waals surface area (Å²) in [6.45, 7) is 3.89. The zero-order valence-electron chi connectivity index (χ0n) is 11.5. The van der Waals surface area contributed by atoms with Gasteiger partial charge in [0.05, 0.1) is 5.75 Å². The van der Waals surface area contributed by atoms with Gasteiger partial charge in [0.15, 0.2) is 0 Å². The van der Waals surface area contributed by atoms with Gasteiger partial charge < -0.3 is 5.32 Å². The summed E-state index contributed by atoms with van der Waals surface area (Å²) >= 11 is 3.55. The van der Waals surface area contributed by atoms with Crippen molar-refractivity contribution in [2.75, 3.05) is 25.1 Å². The molecule has 1 N–H and O–H groups in total. The third kappa shape index (κ3) is 6.54. The second-order valence-electron chi connectivity index (χ2n) is 4.84. The molecule has 1 aromatic carbocycles. The fraction of sp³-hybridized carbons (Fsp3) is 0.571. The monoisotopic (exact) mass is 347 g/mol. The maximum absolute atomic E-state index is 11.3. The highest BCUT2D eigenvalue weighted by Crippen LogP contribution is 2.27. The highest BCUT2D eigenvalue weighted by atomic mass is 79.9. The van der Waals surface area contributed by atoms with Gasteiger partial charge in [-0.3, -0.25) is 0 Å². The minimum Gasteiger partial charge on any atom is -0.316 e. The number of halogens is 1. The minimum atomic E-state index is -2.91. The summed E-state index contributed by atoms with van der Waals surface area (Å²) in [4.78, 5) is 0. The molecule has 0 aromatic heterocycles. The number of nitrogens with one attached hydrogen (secondary N) is 1. The van der Waals surface area contributed by atoms with Crippen LogP contribution in [0.4, 0.5) is 0 Å². The molecular formula is C14H22BrNO2S. The molecule has 0 bridgehead atoms. The molecule has 0 spiro atoms. The van der Waals surface area contributed by atoms with Crippen LogP contribution in [0.5, 0.6) is 0 Å². The molecule has 108 valence electrons. The van der Waals surface area contributed by atoms with Gasteiger partial charge in [-0.25, -0.2) is 8.42 Å². The topological polar surface area (TPSA) is 46.2 Å². The Labute approximate surface area is 124 Å². The normalized spacial score (nSPS) is 13.4. The van der Waals surface area contributed by atoms with E-state index in [-0.39, 0.29) is 11.7 Å². The van der Waals surface area contributed by atoms with E-state index in [4.69, 9.17) is 0 Å². The molecule has 0 saturated heterocycles. The third-order valence-corrected chi connectivity index (χ3v) is 4.70. The van der Waals surface area contributed by atoms with E-state index in [0.717, 1.165) is 24.0 Å². The van der Waals surface area contributed by atoms with Crippen LogP contribution in [-0.2, 0) is 9.84 Å². The zero-order chi connectivity index (χ0) is 14.3. The molecule has 5 heteroatoms. The largest absolute Gasteiger partial charge is 0.316 e. The first-order valence-corrected chi connectivity index (χ1v) is 9.42. The van der Waals surface area contributed by atoms with Crippen molar-refractivity contribution in [1.82, 2.24) is 5.32 Å². The molecule has 0 aliphatic carbocycles. The van der Waals surface area contributed by atoms with Gasteiger partial charge in [0, 0.05) is 17.3 Å². The number of sulfone groups is 1. The van der Waals surface area contributed by atoms with Gasteiger partial charge in [0.2, 0.25) is 0 Å². The fourth-order valence-corrected chi connectivity index (χ4v) is 3.30. The lowest BCUT2D eigenvalue weighted by atomic mass is 9.96. The van der Waals surface area contributed by atoms with Crippen LogP contribution in [0.3, 0.4) is 0 Å². The highest BCUT2D eigenvalue weighted by Gasteiger charge is 2.16. The molecule has 0 aliphatic heterocycles. The van der Waals surface area contributed by atoms with Crippen LogP contribution in [0.25, 0.3) is 0 Å². The molecule has 0 fully saturated rings. The number of benzene rings is 1. The molecule has 0 aliphatic rings. The third-order valence-electron chi connectivity index (χ3n) is 3.00. The second-order valence-corrected chi connectivity index (χ2v) is 7.96. The first-order chi connectivity index (χ1) is 8.94. The van der Waals surface area contributed by atoms with E-state index >= 15 is 0 Å². The molecule has 1 rings (SSSR count). The van der Waals surface area contributed by atoms with Crippen molar-refractivity contribution >= 4 is 25.8 Å². The van der Waals surface area contributed by atoms with Crippen LogP contribution >= 0.6 is 15.9 Å². The number of hydrogen-bond acceptors (Lipinski definition) is 3. The Morgan fingerprint density at radius 3 is 2.58 bits per heavy atom. The molecule has 0 saturated carbocycles. The Bertz CT molecular complexity index is 488. The summed E-state index contributed by atoms with van der Waals surface area (Å²) in [5.74, 6) is 0.448. The lowest BCUT2D eigenvalue weighted by Crippen LogP contribution is -2.24. The van der Waals surface area contributed by atoms with E-state index in [9.17, 15) is 8.42 Å². The second kappa shape index (κ2) is 8.02. The van der Waals surface area contributed by atoms with Gasteiger partial charge in [0.1, 0.15) is 9.84 Å². The van der Waals surface area contributed by atoms with Crippen LogP contribution in [0, 0.1) is 0 Å². The summed E-state index contributed by atoms with van der Waals surface area (Å²) in [7, 11) is -2.91. The molecule has 3 nitrogen and oxygen atoms in total. The lowest BCUT2D eigenvalue weighted by molar-refractivity contribution is 0.555. The summed E-state index contributed by atoms with van der Waals surface area (Å²) in [6.07, 6.45) is 3.02. The maximum atomic E-state index is 11.3. The molecule has 1 atom stereocenters. The van der Waals surface area contributed by atoms with Crippen molar-refractivity contribution in [2.24, 2.45) is 0 Å². The average Bonchev–Trinajstić information content (AvgIpc) is 2.33. The smallest absolute Gasteiger partial charge is 0.147 e. The van der Waals surface area contributed by atoms with Crippen molar-refractivity contribution < 1.29 is 8.42 Å². The first-order valence-electron chi connectivity index (χ1n) is 6.57.